The lowest BCUT2D eigenvalue weighted by Crippen LogP contribution is -2.24. The number of carbonyl (C=O) groups is 1. The number of alkyl carbamates (subject to hydrolysis) is 1. The first kappa shape index (κ1) is 18.1. The summed E-state index contributed by atoms with van der Waals surface area (Å²) in [6.45, 7) is 0.615. The summed E-state index contributed by atoms with van der Waals surface area (Å²) in [5, 5.41) is 16.2. The fourth-order valence-electron chi connectivity index (χ4n) is 2.33. The molecule has 0 aliphatic carbocycles. The summed E-state index contributed by atoms with van der Waals surface area (Å²) in [5.41, 5.74) is 2.19. The van der Waals surface area contributed by atoms with E-state index in [1.807, 2.05) is 30.3 Å². The van der Waals surface area contributed by atoms with Crippen LogP contribution >= 0.6 is 0 Å². The van der Waals surface area contributed by atoms with Gasteiger partial charge >= 0.3 is 6.09 Å². The Morgan fingerprint density at radius 1 is 1.19 bits per heavy atom. The zero-order chi connectivity index (χ0) is 18.9. The number of amides is 1. The molecule has 0 aliphatic rings. The minimum atomic E-state index is -0.474. The number of carbonyl (C=O) groups excluding carboxylic acids is 1. The molecule has 2 N–H and O–H groups in total. The molecule has 3 rings (SSSR count). The minimum Gasteiger partial charge on any atom is -0.507 e. The minimum absolute atomic E-state index is 0.0973. The fraction of sp³-hybridized carbons (Fsp3) is 0.143. The summed E-state index contributed by atoms with van der Waals surface area (Å²) in [7, 11) is 0. The van der Waals surface area contributed by atoms with Gasteiger partial charge in [-0.1, -0.05) is 47.3 Å². The Kier molecular flexibility index (Phi) is 6.10. The maximum Gasteiger partial charge on any atom is 0.407 e. The predicted molar refractivity (Wildman–Crippen MR) is 99.7 cm³/mol. The largest absolute Gasteiger partial charge is 0.507 e. The number of aromatic hydroxyl groups is 1. The van der Waals surface area contributed by atoms with Crippen molar-refractivity contribution in [2.24, 2.45) is 0 Å². The fourth-order valence-corrected chi connectivity index (χ4v) is 2.33. The number of phenolic OH excluding ortho intramolecular Hbond substituents is 1. The van der Waals surface area contributed by atoms with Gasteiger partial charge in [0.15, 0.2) is 5.76 Å². The van der Waals surface area contributed by atoms with E-state index in [0.717, 1.165) is 11.1 Å². The second-order valence-electron chi connectivity index (χ2n) is 5.65. The van der Waals surface area contributed by atoms with Gasteiger partial charge in [0.1, 0.15) is 12.4 Å². The first-order valence-electron chi connectivity index (χ1n) is 8.40. The number of rotatable bonds is 5. The molecule has 0 saturated carbocycles. The van der Waals surface area contributed by atoms with Gasteiger partial charge in [-0.15, -0.1) is 0 Å². The van der Waals surface area contributed by atoms with Crippen LogP contribution in [0, 0.1) is 11.8 Å². The Morgan fingerprint density at radius 2 is 2.04 bits per heavy atom. The Balaban J connectivity index is 1.45. The summed E-state index contributed by atoms with van der Waals surface area (Å²) in [6, 6.07) is 16.1. The molecule has 0 atom stereocenters. The van der Waals surface area contributed by atoms with Crippen molar-refractivity contribution in [3.8, 4) is 28.9 Å². The molecule has 136 valence electrons. The Bertz CT molecular complexity index is 941. The number of hydrogen-bond acceptors (Lipinski definition) is 5. The molecule has 0 unspecified atom stereocenters. The summed E-state index contributed by atoms with van der Waals surface area (Å²) in [5.74, 6) is 6.53. The molecule has 6 nitrogen and oxygen atoms in total. The zero-order valence-electron chi connectivity index (χ0n) is 14.5. The van der Waals surface area contributed by atoms with Gasteiger partial charge in [0.25, 0.3) is 0 Å². The zero-order valence-corrected chi connectivity index (χ0v) is 14.5. The van der Waals surface area contributed by atoms with Crippen LogP contribution in [0.5, 0.6) is 5.75 Å². The molecule has 27 heavy (non-hydrogen) atoms. The van der Waals surface area contributed by atoms with Crippen molar-refractivity contribution in [1.29, 1.82) is 0 Å². The lowest BCUT2D eigenvalue weighted by atomic mass is 10.1. The highest BCUT2D eigenvalue weighted by atomic mass is 16.5. The van der Waals surface area contributed by atoms with Crippen molar-refractivity contribution in [3.05, 3.63) is 71.9 Å². The second-order valence-corrected chi connectivity index (χ2v) is 5.65. The molecule has 0 radical (unpaired) electrons. The Labute approximate surface area is 156 Å². The van der Waals surface area contributed by atoms with Crippen molar-refractivity contribution in [2.75, 3.05) is 6.54 Å². The van der Waals surface area contributed by atoms with Crippen LogP contribution in [0.25, 0.3) is 11.3 Å². The second kappa shape index (κ2) is 9.11. The maximum atomic E-state index is 11.6. The van der Waals surface area contributed by atoms with Crippen LogP contribution in [0.4, 0.5) is 4.79 Å². The number of aromatic nitrogens is 1. The molecule has 0 saturated heterocycles. The summed E-state index contributed by atoms with van der Waals surface area (Å²) >= 11 is 0. The quantitative estimate of drug-likeness (QED) is 0.534. The van der Waals surface area contributed by atoms with Crippen molar-refractivity contribution < 1.29 is 19.2 Å². The van der Waals surface area contributed by atoms with E-state index in [4.69, 9.17) is 9.26 Å². The molecule has 2 aromatic carbocycles. The summed E-state index contributed by atoms with van der Waals surface area (Å²) in [6.07, 6.45) is 1.51. The molecular formula is C21H18N2O4. The smallest absolute Gasteiger partial charge is 0.407 e. The third-order valence-electron chi connectivity index (χ3n) is 3.66. The van der Waals surface area contributed by atoms with E-state index in [-0.39, 0.29) is 12.4 Å². The van der Waals surface area contributed by atoms with Crippen molar-refractivity contribution in [2.45, 2.75) is 13.0 Å². The molecule has 0 bridgehead atoms. The lowest BCUT2D eigenvalue weighted by Gasteiger charge is -2.05. The van der Waals surface area contributed by atoms with Gasteiger partial charge in [0.05, 0.1) is 11.8 Å². The molecule has 6 heteroatoms. The van der Waals surface area contributed by atoms with E-state index in [1.165, 1.54) is 6.20 Å². The average Bonchev–Trinajstić information content (AvgIpc) is 3.23. The van der Waals surface area contributed by atoms with Crippen LogP contribution in [-0.4, -0.2) is 22.9 Å². The van der Waals surface area contributed by atoms with Crippen LogP contribution in [0.3, 0.4) is 0 Å². The molecule has 0 spiro atoms. The van der Waals surface area contributed by atoms with Crippen LogP contribution in [0.2, 0.25) is 0 Å². The van der Waals surface area contributed by atoms with Gasteiger partial charge in [-0.3, -0.25) is 0 Å². The van der Waals surface area contributed by atoms with Gasteiger partial charge in [-0.25, -0.2) is 4.79 Å². The molecule has 0 fully saturated rings. The maximum absolute atomic E-state index is 11.6. The Hall–Kier alpha value is -3.72. The normalized spacial score (nSPS) is 9.93. The number of hydrogen-bond donors (Lipinski definition) is 2. The Morgan fingerprint density at radius 3 is 2.81 bits per heavy atom. The standard InChI is InChI=1S/C21H18N2O4/c24-19-10-9-16(14-18(19)20-11-13-23-27-20)6-4-5-12-22-21(25)26-15-17-7-2-1-3-8-17/h1-3,7-11,13-14,24H,5,12,15H2,(H,22,25). The molecule has 1 heterocycles. The summed E-state index contributed by atoms with van der Waals surface area (Å²) < 4.78 is 10.2. The van der Waals surface area contributed by atoms with Crippen molar-refractivity contribution >= 4 is 6.09 Å². The van der Waals surface area contributed by atoms with E-state index in [2.05, 4.69) is 22.3 Å². The highest BCUT2D eigenvalue weighted by molar-refractivity contribution is 5.68. The SMILES string of the molecule is O=C(NCCC#Cc1ccc(O)c(-c2ccno2)c1)OCc1ccccc1. The third kappa shape index (κ3) is 5.38. The van der Waals surface area contributed by atoms with E-state index in [0.29, 0.717) is 24.3 Å². The molecule has 1 amide bonds. The molecule has 3 aromatic rings. The van der Waals surface area contributed by atoms with Crippen LogP contribution in [-0.2, 0) is 11.3 Å². The predicted octanol–water partition coefficient (Wildman–Crippen LogP) is 3.72. The molecular weight excluding hydrogens is 344 g/mol. The lowest BCUT2D eigenvalue weighted by molar-refractivity contribution is 0.140. The van der Waals surface area contributed by atoms with Gasteiger partial charge < -0.3 is 19.7 Å². The topological polar surface area (TPSA) is 84.6 Å². The highest BCUT2D eigenvalue weighted by Gasteiger charge is 2.08. The number of benzene rings is 2. The number of phenols is 1. The van der Waals surface area contributed by atoms with Crippen LogP contribution < -0.4 is 5.32 Å². The third-order valence-corrected chi connectivity index (χ3v) is 3.66. The van der Waals surface area contributed by atoms with Crippen molar-refractivity contribution in [3.63, 3.8) is 0 Å². The number of nitrogens with zero attached hydrogens (tertiary/aromatic N) is 1. The van der Waals surface area contributed by atoms with E-state index < -0.39 is 6.09 Å². The van der Waals surface area contributed by atoms with Gasteiger partial charge in [0.2, 0.25) is 0 Å². The highest BCUT2D eigenvalue weighted by Crippen LogP contribution is 2.29. The van der Waals surface area contributed by atoms with Gasteiger partial charge in [-0.05, 0) is 23.8 Å². The average molecular weight is 362 g/mol. The van der Waals surface area contributed by atoms with Crippen LogP contribution in [0.1, 0.15) is 17.5 Å². The summed E-state index contributed by atoms with van der Waals surface area (Å²) in [4.78, 5) is 11.6. The molecule has 1 aromatic heterocycles. The van der Waals surface area contributed by atoms with E-state index in [1.54, 1.807) is 24.3 Å². The van der Waals surface area contributed by atoms with E-state index >= 15 is 0 Å². The van der Waals surface area contributed by atoms with Crippen LogP contribution in [0.15, 0.2) is 65.3 Å². The monoisotopic (exact) mass is 362 g/mol. The first-order valence-corrected chi connectivity index (χ1v) is 8.40. The molecule has 0 aliphatic heterocycles. The van der Waals surface area contributed by atoms with Gasteiger partial charge in [-0.2, -0.15) is 0 Å². The number of ether oxygens (including phenoxy) is 1. The number of nitrogens with one attached hydrogen (secondary N) is 1. The first-order chi connectivity index (χ1) is 13.2. The van der Waals surface area contributed by atoms with Crippen molar-refractivity contribution in [1.82, 2.24) is 10.5 Å². The van der Waals surface area contributed by atoms with E-state index in [9.17, 15) is 9.90 Å². The van der Waals surface area contributed by atoms with Gasteiger partial charge in [0, 0.05) is 24.6 Å².